The molecule has 1 saturated heterocycles. The number of halogens is 2. The molecule has 1 aromatic heterocycles. The minimum atomic E-state index is -1.27. The zero-order valence-electron chi connectivity index (χ0n) is 26.0. The second kappa shape index (κ2) is 13.2. The lowest BCUT2D eigenvalue weighted by atomic mass is 10.1. The highest BCUT2D eigenvalue weighted by molar-refractivity contribution is 6.00. The van der Waals surface area contributed by atoms with Gasteiger partial charge in [0.2, 0.25) is 17.4 Å². The molecule has 4 N–H and O–H groups in total. The van der Waals surface area contributed by atoms with Crippen molar-refractivity contribution in [3.8, 4) is 34.8 Å². The van der Waals surface area contributed by atoms with Crippen molar-refractivity contribution in [3.63, 3.8) is 0 Å². The number of pyridine rings is 1. The number of quaternary nitrogens is 1. The lowest BCUT2D eigenvalue weighted by Crippen LogP contribution is -2.56. The van der Waals surface area contributed by atoms with Gasteiger partial charge in [0.25, 0.3) is 11.8 Å². The van der Waals surface area contributed by atoms with Gasteiger partial charge in [-0.1, -0.05) is 12.1 Å². The van der Waals surface area contributed by atoms with E-state index in [0.717, 1.165) is 17.9 Å². The lowest BCUT2D eigenvalue weighted by molar-refractivity contribution is -0.844. The maximum atomic E-state index is 16.0. The molecule has 0 spiro atoms. The van der Waals surface area contributed by atoms with E-state index in [9.17, 15) is 9.90 Å². The van der Waals surface area contributed by atoms with Gasteiger partial charge >= 0.3 is 6.09 Å². The zero-order valence-corrected chi connectivity index (χ0v) is 26.0. The molecule has 0 aliphatic carbocycles. The Morgan fingerprint density at radius 3 is 2.43 bits per heavy atom. The Kier molecular flexibility index (Phi) is 9.28. The van der Waals surface area contributed by atoms with Crippen molar-refractivity contribution in [2.24, 2.45) is 10.7 Å². The third kappa shape index (κ3) is 6.96. The SMILES string of the molecule is CC(C)OC(=O)[N+]1(C)CCC(Oc2c(F)c(Oc3cccc(C4=NCCN4C)c3)nc(Oc3cc(C(=N)N)ccc3O)c2F)CC1. The number of amidine groups is 2. The predicted molar refractivity (Wildman–Crippen MR) is 165 cm³/mol. The fourth-order valence-electron chi connectivity index (χ4n) is 5.15. The third-order valence-electron chi connectivity index (χ3n) is 7.77. The number of nitrogens with zero attached hydrogens (tertiary/aromatic N) is 4. The van der Waals surface area contributed by atoms with Crippen LogP contribution in [0.25, 0.3) is 0 Å². The number of hydrogen-bond acceptors (Lipinski definition) is 10. The summed E-state index contributed by atoms with van der Waals surface area (Å²) in [5.41, 5.74) is 6.49. The van der Waals surface area contributed by atoms with Gasteiger partial charge < -0.3 is 34.7 Å². The van der Waals surface area contributed by atoms with Crippen molar-refractivity contribution in [3.05, 3.63) is 65.2 Å². The van der Waals surface area contributed by atoms with E-state index < -0.39 is 41.0 Å². The number of amides is 1. The van der Waals surface area contributed by atoms with Crippen LogP contribution in [0.4, 0.5) is 13.6 Å². The monoisotopic (exact) mass is 639 g/mol. The number of ether oxygens (including phenoxy) is 4. The average molecular weight is 640 g/mol. The molecule has 0 bridgehead atoms. The highest BCUT2D eigenvalue weighted by atomic mass is 19.1. The van der Waals surface area contributed by atoms with Crippen molar-refractivity contribution >= 4 is 17.8 Å². The summed E-state index contributed by atoms with van der Waals surface area (Å²) in [7, 11) is 3.65. The fourth-order valence-corrected chi connectivity index (χ4v) is 5.15. The number of nitrogens with two attached hydrogens (primary N) is 1. The molecule has 1 fully saturated rings. The standard InChI is InChI=1S/C32H36F2N6O6/c1-18(2)43-32(42)40(4)14-10-21(11-15-40)44-27-25(33)30(45-22-7-5-6-20(16-22)29-37-12-13-39(29)3)38-31(26(27)34)46-24-17-19(28(35)36)8-9-23(24)41/h5-9,16-18,21H,10-15H2,1-4H3,(H3-,35,36,41)/p+1. The average Bonchev–Trinajstić information content (AvgIpc) is 3.45. The minimum Gasteiger partial charge on any atom is -0.504 e. The second-order valence-corrected chi connectivity index (χ2v) is 11.7. The number of benzene rings is 2. The third-order valence-corrected chi connectivity index (χ3v) is 7.77. The van der Waals surface area contributed by atoms with Crippen LogP contribution in [-0.4, -0.2) is 89.7 Å². The summed E-state index contributed by atoms with van der Waals surface area (Å²) in [6, 6.07) is 10.6. The summed E-state index contributed by atoms with van der Waals surface area (Å²) in [6.07, 6.45) is -0.714. The van der Waals surface area contributed by atoms with Gasteiger partial charge in [-0.05, 0) is 44.2 Å². The number of nitrogen functional groups attached to an aromatic ring is 1. The molecule has 0 unspecified atom stereocenters. The first-order valence-corrected chi connectivity index (χ1v) is 14.8. The number of piperidine rings is 1. The first kappa shape index (κ1) is 32.4. The van der Waals surface area contributed by atoms with Crippen LogP contribution < -0.4 is 19.9 Å². The quantitative estimate of drug-likeness (QED) is 0.164. The van der Waals surface area contributed by atoms with Gasteiger partial charge in [-0.3, -0.25) is 10.4 Å². The summed E-state index contributed by atoms with van der Waals surface area (Å²) in [4.78, 5) is 23.1. The number of carbonyl (C=O) groups excluding carboxylic acids is 1. The Balaban J connectivity index is 1.47. The van der Waals surface area contributed by atoms with Gasteiger partial charge in [0.05, 0.1) is 26.7 Å². The van der Waals surface area contributed by atoms with Gasteiger partial charge in [0.15, 0.2) is 11.5 Å². The molecular weight excluding hydrogens is 602 g/mol. The van der Waals surface area contributed by atoms with E-state index in [1.165, 1.54) is 18.2 Å². The van der Waals surface area contributed by atoms with E-state index in [-0.39, 0.29) is 39.6 Å². The number of hydrogen-bond donors (Lipinski definition) is 3. The number of phenols is 1. The number of aliphatic imine (C=N–C) groups is 1. The molecule has 5 rings (SSSR count). The van der Waals surface area contributed by atoms with E-state index in [4.69, 9.17) is 30.1 Å². The number of rotatable bonds is 9. The molecule has 46 heavy (non-hydrogen) atoms. The Hall–Kier alpha value is -4.98. The molecule has 0 saturated carbocycles. The number of likely N-dealkylation sites (N-methyl/N-ethyl adjacent to an activating group) is 1. The van der Waals surface area contributed by atoms with Crippen molar-refractivity contribution in [1.29, 1.82) is 5.41 Å². The molecular formula is C32H37F2N6O6+. The molecule has 3 heterocycles. The van der Waals surface area contributed by atoms with E-state index in [1.807, 2.05) is 18.0 Å². The Labute approximate surface area is 265 Å². The van der Waals surface area contributed by atoms with Crippen LogP contribution in [0.3, 0.4) is 0 Å². The molecule has 3 aromatic rings. The topological polar surface area (TPSA) is 153 Å². The fraction of sp³-hybridized carbons (Fsp3) is 0.375. The van der Waals surface area contributed by atoms with Gasteiger partial charge in [-0.25, -0.2) is 4.48 Å². The Morgan fingerprint density at radius 2 is 1.80 bits per heavy atom. The summed E-state index contributed by atoms with van der Waals surface area (Å²) in [5, 5.41) is 18.1. The van der Waals surface area contributed by atoms with E-state index in [1.54, 1.807) is 39.1 Å². The maximum Gasteiger partial charge on any atom is 0.516 e. The maximum absolute atomic E-state index is 16.0. The zero-order chi connectivity index (χ0) is 33.2. The Morgan fingerprint density at radius 1 is 1.11 bits per heavy atom. The van der Waals surface area contributed by atoms with Crippen LogP contribution in [0.15, 0.2) is 47.5 Å². The minimum absolute atomic E-state index is 0.00462. The van der Waals surface area contributed by atoms with Crippen molar-refractivity contribution < 1.29 is 42.1 Å². The smallest absolute Gasteiger partial charge is 0.504 e. The molecule has 0 radical (unpaired) electrons. The highest BCUT2D eigenvalue weighted by Gasteiger charge is 2.40. The molecule has 2 aromatic carbocycles. The number of likely N-dealkylation sites (tertiary alicyclic amines) is 1. The molecule has 0 atom stereocenters. The number of carbonyl (C=O) groups is 1. The van der Waals surface area contributed by atoms with Gasteiger partial charge in [0.1, 0.15) is 29.6 Å². The van der Waals surface area contributed by atoms with Crippen LogP contribution in [0.2, 0.25) is 0 Å². The first-order chi connectivity index (χ1) is 21.8. The van der Waals surface area contributed by atoms with Gasteiger partial charge in [-0.15, -0.1) is 0 Å². The summed E-state index contributed by atoms with van der Waals surface area (Å²) in [6.45, 7) is 5.58. The number of phenolic OH excluding ortho intramolecular Hbond substituents is 1. The molecule has 12 nitrogen and oxygen atoms in total. The van der Waals surface area contributed by atoms with Gasteiger partial charge in [-0.2, -0.15) is 18.6 Å². The van der Waals surface area contributed by atoms with E-state index in [0.29, 0.717) is 32.5 Å². The van der Waals surface area contributed by atoms with Crippen LogP contribution in [0.5, 0.6) is 34.8 Å². The first-order valence-electron chi connectivity index (χ1n) is 14.8. The molecule has 2 aliphatic heterocycles. The van der Waals surface area contributed by atoms with Crippen molar-refractivity contribution in [1.82, 2.24) is 9.88 Å². The number of aromatic hydroxyl groups is 1. The van der Waals surface area contributed by atoms with Crippen molar-refractivity contribution in [2.75, 3.05) is 40.3 Å². The lowest BCUT2D eigenvalue weighted by Gasteiger charge is -2.37. The van der Waals surface area contributed by atoms with E-state index >= 15 is 8.78 Å². The highest BCUT2D eigenvalue weighted by Crippen LogP contribution is 2.40. The van der Waals surface area contributed by atoms with Crippen LogP contribution in [0.1, 0.15) is 37.8 Å². The Bertz CT molecular complexity index is 1670. The summed E-state index contributed by atoms with van der Waals surface area (Å²) in [5.74, 6) is -4.68. The van der Waals surface area contributed by atoms with Crippen LogP contribution in [-0.2, 0) is 4.74 Å². The molecule has 244 valence electrons. The number of aromatic nitrogens is 1. The van der Waals surface area contributed by atoms with Crippen LogP contribution in [0, 0.1) is 17.0 Å². The summed E-state index contributed by atoms with van der Waals surface area (Å²) >= 11 is 0. The summed E-state index contributed by atoms with van der Waals surface area (Å²) < 4.78 is 54.7. The van der Waals surface area contributed by atoms with E-state index in [2.05, 4.69) is 9.98 Å². The second-order valence-electron chi connectivity index (χ2n) is 11.7. The van der Waals surface area contributed by atoms with Crippen LogP contribution >= 0.6 is 0 Å². The molecule has 14 heteroatoms. The van der Waals surface area contributed by atoms with Crippen molar-refractivity contribution in [2.45, 2.75) is 38.9 Å². The molecule has 2 aliphatic rings. The largest absolute Gasteiger partial charge is 0.516 e. The van der Waals surface area contributed by atoms with Gasteiger partial charge in [0, 0.05) is 37.6 Å². The molecule has 1 amide bonds. The predicted octanol–water partition coefficient (Wildman–Crippen LogP) is 5.16. The number of nitrogens with one attached hydrogen (secondary N) is 1. The normalized spacial score (nSPS) is 19.5.